The second kappa shape index (κ2) is 9.64. The molecule has 9 heteroatoms. The first-order valence-corrected chi connectivity index (χ1v) is 11.3. The number of benzene rings is 3. The van der Waals surface area contributed by atoms with E-state index in [2.05, 4.69) is 36.9 Å². The molecule has 4 aromatic rings. The van der Waals surface area contributed by atoms with Gasteiger partial charge in [-0.15, -0.1) is 0 Å². The quantitative estimate of drug-likeness (QED) is 0.304. The van der Waals surface area contributed by atoms with Crippen molar-refractivity contribution in [1.82, 2.24) is 14.9 Å². The SMILES string of the molecule is CC(=O)NCc1ccc(Cl)c(Nc2nc3cc(C(=O)Nc4ccc(Br)cc4)ccc3n2C)c1. The Bertz CT molecular complexity index is 1350. The number of hydrogen-bond donors (Lipinski definition) is 3. The lowest BCUT2D eigenvalue weighted by Gasteiger charge is -2.10. The van der Waals surface area contributed by atoms with Gasteiger partial charge in [-0.3, -0.25) is 9.59 Å². The maximum atomic E-state index is 12.7. The second-order valence-electron chi connectivity index (χ2n) is 7.51. The zero-order valence-corrected chi connectivity index (χ0v) is 20.3. The maximum absolute atomic E-state index is 12.7. The molecule has 0 unspecified atom stereocenters. The predicted octanol–water partition coefficient (Wildman–Crippen LogP) is 5.62. The summed E-state index contributed by atoms with van der Waals surface area (Å²) in [5.74, 6) is 0.261. The number of rotatable bonds is 6. The fourth-order valence-electron chi connectivity index (χ4n) is 3.31. The summed E-state index contributed by atoms with van der Waals surface area (Å²) in [6, 6.07) is 18.3. The van der Waals surface area contributed by atoms with Crippen LogP contribution >= 0.6 is 27.5 Å². The smallest absolute Gasteiger partial charge is 0.255 e. The molecule has 0 bridgehead atoms. The number of fused-ring (bicyclic) bond motifs is 1. The first-order chi connectivity index (χ1) is 15.8. The first-order valence-electron chi connectivity index (χ1n) is 10.1. The highest BCUT2D eigenvalue weighted by Gasteiger charge is 2.13. The third-order valence-corrected chi connectivity index (χ3v) is 5.92. The molecule has 4 rings (SSSR count). The molecule has 3 aromatic carbocycles. The number of nitrogens with zero attached hydrogens (tertiary/aromatic N) is 2. The summed E-state index contributed by atoms with van der Waals surface area (Å²) in [5.41, 5.74) is 4.33. The van der Waals surface area contributed by atoms with E-state index in [1.165, 1.54) is 6.92 Å². The van der Waals surface area contributed by atoms with E-state index in [1.54, 1.807) is 18.2 Å². The molecule has 2 amide bonds. The Morgan fingerprint density at radius 1 is 1.06 bits per heavy atom. The van der Waals surface area contributed by atoms with Gasteiger partial charge >= 0.3 is 0 Å². The molecule has 33 heavy (non-hydrogen) atoms. The van der Waals surface area contributed by atoms with E-state index in [0.717, 1.165) is 15.6 Å². The zero-order chi connectivity index (χ0) is 23.5. The minimum Gasteiger partial charge on any atom is -0.352 e. The molecule has 0 saturated carbocycles. The van der Waals surface area contributed by atoms with E-state index in [-0.39, 0.29) is 11.8 Å². The third kappa shape index (κ3) is 5.35. The normalized spacial score (nSPS) is 10.8. The summed E-state index contributed by atoms with van der Waals surface area (Å²) in [5, 5.41) is 9.44. The molecular weight excluding hydrogens is 506 g/mol. The van der Waals surface area contributed by atoms with Crippen LogP contribution in [0.2, 0.25) is 5.02 Å². The van der Waals surface area contributed by atoms with Crippen LogP contribution in [0.1, 0.15) is 22.8 Å². The molecule has 0 aliphatic heterocycles. The Labute approximate surface area is 204 Å². The highest BCUT2D eigenvalue weighted by Crippen LogP contribution is 2.28. The molecule has 0 atom stereocenters. The van der Waals surface area contributed by atoms with Gasteiger partial charge in [-0.1, -0.05) is 33.6 Å². The van der Waals surface area contributed by atoms with E-state index in [9.17, 15) is 9.59 Å². The lowest BCUT2D eigenvalue weighted by atomic mass is 10.2. The third-order valence-electron chi connectivity index (χ3n) is 5.06. The Kier molecular flexibility index (Phi) is 6.67. The number of amides is 2. The summed E-state index contributed by atoms with van der Waals surface area (Å²) < 4.78 is 2.83. The molecule has 1 heterocycles. The molecule has 0 aliphatic carbocycles. The van der Waals surface area contributed by atoms with Crippen LogP contribution in [0.25, 0.3) is 11.0 Å². The number of imidazole rings is 1. The van der Waals surface area contributed by atoms with Gasteiger partial charge in [0, 0.05) is 36.2 Å². The average molecular weight is 527 g/mol. The highest BCUT2D eigenvalue weighted by atomic mass is 79.9. The number of nitrogens with one attached hydrogen (secondary N) is 3. The van der Waals surface area contributed by atoms with E-state index in [0.29, 0.717) is 40.0 Å². The van der Waals surface area contributed by atoms with Gasteiger partial charge in [0.2, 0.25) is 11.9 Å². The van der Waals surface area contributed by atoms with Crippen LogP contribution in [0.15, 0.2) is 65.1 Å². The Morgan fingerprint density at radius 3 is 2.55 bits per heavy atom. The van der Waals surface area contributed by atoms with Crippen molar-refractivity contribution in [2.45, 2.75) is 13.5 Å². The van der Waals surface area contributed by atoms with Crippen molar-refractivity contribution in [1.29, 1.82) is 0 Å². The maximum Gasteiger partial charge on any atom is 0.255 e. The summed E-state index contributed by atoms with van der Waals surface area (Å²) in [6.07, 6.45) is 0. The van der Waals surface area contributed by atoms with Crippen LogP contribution in [0.5, 0.6) is 0 Å². The van der Waals surface area contributed by atoms with E-state index in [4.69, 9.17) is 11.6 Å². The van der Waals surface area contributed by atoms with Gasteiger partial charge in [-0.25, -0.2) is 4.98 Å². The minimum atomic E-state index is -0.215. The van der Waals surface area contributed by atoms with E-state index < -0.39 is 0 Å². The number of anilines is 3. The molecule has 7 nitrogen and oxygen atoms in total. The van der Waals surface area contributed by atoms with Crippen LogP contribution in [-0.4, -0.2) is 21.4 Å². The molecule has 0 aliphatic rings. The van der Waals surface area contributed by atoms with Crippen molar-refractivity contribution in [3.63, 3.8) is 0 Å². The van der Waals surface area contributed by atoms with Crippen molar-refractivity contribution in [2.75, 3.05) is 10.6 Å². The molecule has 3 N–H and O–H groups in total. The van der Waals surface area contributed by atoms with Crippen molar-refractivity contribution in [3.05, 3.63) is 81.3 Å². The first kappa shape index (κ1) is 22.8. The standard InChI is InChI=1S/C24H21BrClN5O2/c1-14(32)27-13-15-3-9-19(26)20(11-15)29-24-30-21-12-16(4-10-22(21)31(24)2)23(33)28-18-7-5-17(25)6-8-18/h3-12H,13H2,1-2H3,(H,27,32)(H,28,33)(H,29,30). The topological polar surface area (TPSA) is 88.1 Å². The van der Waals surface area contributed by atoms with Crippen molar-refractivity contribution >= 4 is 67.7 Å². The van der Waals surface area contributed by atoms with Crippen molar-refractivity contribution in [3.8, 4) is 0 Å². The monoisotopic (exact) mass is 525 g/mol. The summed E-state index contributed by atoms with van der Waals surface area (Å²) in [6.45, 7) is 1.88. The van der Waals surface area contributed by atoms with Gasteiger partial charge < -0.3 is 20.5 Å². The van der Waals surface area contributed by atoms with Gasteiger partial charge in [-0.05, 0) is 60.2 Å². The molecule has 0 radical (unpaired) electrons. The molecule has 1 aromatic heterocycles. The summed E-state index contributed by atoms with van der Waals surface area (Å²) in [4.78, 5) is 28.5. The second-order valence-corrected chi connectivity index (χ2v) is 8.83. The van der Waals surface area contributed by atoms with Gasteiger partial charge in [0.25, 0.3) is 5.91 Å². The summed E-state index contributed by atoms with van der Waals surface area (Å²) in [7, 11) is 1.88. The van der Waals surface area contributed by atoms with Crippen LogP contribution in [-0.2, 0) is 18.4 Å². The number of hydrogen-bond acceptors (Lipinski definition) is 4. The van der Waals surface area contributed by atoms with Gasteiger partial charge in [0.1, 0.15) is 0 Å². The van der Waals surface area contributed by atoms with Crippen LogP contribution in [0.3, 0.4) is 0 Å². The Hall–Kier alpha value is -3.36. The number of carbonyl (C=O) groups excluding carboxylic acids is 2. The largest absolute Gasteiger partial charge is 0.352 e. The van der Waals surface area contributed by atoms with E-state index in [1.807, 2.05) is 54.1 Å². The number of aryl methyl sites for hydroxylation is 1. The zero-order valence-electron chi connectivity index (χ0n) is 17.9. The van der Waals surface area contributed by atoms with Crippen molar-refractivity contribution < 1.29 is 9.59 Å². The van der Waals surface area contributed by atoms with Crippen LogP contribution in [0.4, 0.5) is 17.3 Å². The van der Waals surface area contributed by atoms with Gasteiger partial charge in [-0.2, -0.15) is 0 Å². The highest BCUT2D eigenvalue weighted by molar-refractivity contribution is 9.10. The van der Waals surface area contributed by atoms with Crippen molar-refractivity contribution in [2.24, 2.45) is 7.05 Å². The number of carbonyl (C=O) groups is 2. The predicted molar refractivity (Wildman–Crippen MR) is 135 cm³/mol. The Balaban J connectivity index is 1.57. The molecular formula is C24H21BrClN5O2. The van der Waals surface area contributed by atoms with Crippen LogP contribution < -0.4 is 16.0 Å². The Morgan fingerprint density at radius 2 is 1.82 bits per heavy atom. The van der Waals surface area contributed by atoms with Gasteiger partial charge in [0.15, 0.2) is 0 Å². The molecule has 0 fully saturated rings. The number of halogens is 2. The van der Waals surface area contributed by atoms with Crippen LogP contribution in [0, 0.1) is 0 Å². The fraction of sp³-hybridized carbons (Fsp3) is 0.125. The molecule has 168 valence electrons. The lowest BCUT2D eigenvalue weighted by molar-refractivity contribution is -0.119. The molecule has 0 spiro atoms. The fourth-order valence-corrected chi connectivity index (χ4v) is 3.74. The molecule has 0 saturated heterocycles. The summed E-state index contributed by atoms with van der Waals surface area (Å²) >= 11 is 9.75. The average Bonchev–Trinajstić information content (AvgIpc) is 3.10. The number of aromatic nitrogens is 2. The van der Waals surface area contributed by atoms with E-state index >= 15 is 0 Å². The lowest BCUT2D eigenvalue weighted by Crippen LogP contribution is -2.18. The minimum absolute atomic E-state index is 0.102. The van der Waals surface area contributed by atoms with Gasteiger partial charge in [0.05, 0.1) is 21.7 Å².